The van der Waals surface area contributed by atoms with E-state index in [1.165, 1.54) is 11.8 Å². The summed E-state index contributed by atoms with van der Waals surface area (Å²) >= 11 is 0. The van der Waals surface area contributed by atoms with Gasteiger partial charge in [0, 0.05) is 11.4 Å². The first-order valence-electron chi connectivity index (χ1n) is 9.28. The fourth-order valence-corrected chi connectivity index (χ4v) is 2.61. The summed E-state index contributed by atoms with van der Waals surface area (Å²) in [5.41, 5.74) is 3.11. The highest BCUT2D eigenvalue weighted by Crippen LogP contribution is 2.20. The minimum Gasteiger partial charge on any atom is -0.494 e. The molecule has 3 aromatic rings. The maximum absolute atomic E-state index is 12.3. The number of amides is 1. The molecule has 0 saturated carbocycles. The maximum atomic E-state index is 12.3. The molecule has 6 heteroatoms. The number of aromatic nitrogens is 2. The van der Waals surface area contributed by atoms with Crippen molar-refractivity contribution in [3.63, 3.8) is 0 Å². The highest BCUT2D eigenvalue weighted by atomic mass is 16.5. The van der Waals surface area contributed by atoms with E-state index in [0.29, 0.717) is 24.0 Å². The normalized spacial score (nSPS) is 10.6. The first-order chi connectivity index (χ1) is 13.5. The van der Waals surface area contributed by atoms with Crippen LogP contribution in [0.5, 0.6) is 5.75 Å². The number of hydrogen-bond donors (Lipinski definition) is 2. The Hall–Kier alpha value is -3.41. The van der Waals surface area contributed by atoms with Gasteiger partial charge in [0.05, 0.1) is 19.0 Å². The molecule has 0 spiro atoms. The molecule has 3 rings (SSSR count). The summed E-state index contributed by atoms with van der Waals surface area (Å²) in [7, 11) is 0. The number of nitrogens with one attached hydrogen (secondary N) is 2. The minimum atomic E-state index is -0.315. The van der Waals surface area contributed by atoms with Crippen molar-refractivity contribution >= 4 is 23.1 Å². The SMILES string of the molecule is CCOc1ccc(NC(=O)c2cnc(Nc3ccc(C(C)C)cc3)cn2)cc1. The molecule has 0 atom stereocenters. The third-order valence-electron chi connectivity index (χ3n) is 4.16. The molecule has 1 amide bonds. The summed E-state index contributed by atoms with van der Waals surface area (Å²) in [6, 6.07) is 15.4. The van der Waals surface area contributed by atoms with Crippen molar-refractivity contribution in [3.8, 4) is 5.75 Å². The van der Waals surface area contributed by atoms with Crippen molar-refractivity contribution < 1.29 is 9.53 Å². The molecule has 2 N–H and O–H groups in total. The molecule has 6 nitrogen and oxygen atoms in total. The Kier molecular flexibility index (Phi) is 6.22. The van der Waals surface area contributed by atoms with Crippen LogP contribution < -0.4 is 15.4 Å². The van der Waals surface area contributed by atoms with Crippen LogP contribution in [0.2, 0.25) is 0 Å². The Morgan fingerprint density at radius 3 is 2.21 bits per heavy atom. The van der Waals surface area contributed by atoms with E-state index < -0.39 is 0 Å². The number of hydrogen-bond acceptors (Lipinski definition) is 5. The van der Waals surface area contributed by atoms with Gasteiger partial charge in [-0.05, 0) is 54.8 Å². The Morgan fingerprint density at radius 2 is 1.64 bits per heavy atom. The Balaban J connectivity index is 1.60. The van der Waals surface area contributed by atoms with E-state index in [4.69, 9.17) is 4.74 Å². The van der Waals surface area contributed by atoms with Crippen LogP contribution in [0, 0.1) is 0 Å². The smallest absolute Gasteiger partial charge is 0.275 e. The van der Waals surface area contributed by atoms with Gasteiger partial charge < -0.3 is 15.4 Å². The van der Waals surface area contributed by atoms with E-state index in [-0.39, 0.29) is 11.6 Å². The third-order valence-corrected chi connectivity index (χ3v) is 4.16. The molecular formula is C22H24N4O2. The maximum Gasteiger partial charge on any atom is 0.275 e. The lowest BCUT2D eigenvalue weighted by molar-refractivity contribution is 0.102. The minimum absolute atomic E-state index is 0.245. The number of benzene rings is 2. The summed E-state index contributed by atoms with van der Waals surface area (Å²) in [5.74, 6) is 1.51. The molecule has 144 valence electrons. The summed E-state index contributed by atoms with van der Waals surface area (Å²) in [5, 5.41) is 5.98. The van der Waals surface area contributed by atoms with Gasteiger partial charge in [-0.25, -0.2) is 9.97 Å². The number of carbonyl (C=O) groups is 1. The Labute approximate surface area is 165 Å². The monoisotopic (exact) mass is 376 g/mol. The van der Waals surface area contributed by atoms with Gasteiger partial charge in [0.1, 0.15) is 17.3 Å². The second-order valence-electron chi connectivity index (χ2n) is 6.60. The second-order valence-corrected chi connectivity index (χ2v) is 6.60. The highest BCUT2D eigenvalue weighted by Gasteiger charge is 2.09. The molecular weight excluding hydrogens is 352 g/mol. The second kappa shape index (κ2) is 8.99. The van der Waals surface area contributed by atoms with Gasteiger partial charge in [-0.3, -0.25) is 4.79 Å². The number of anilines is 3. The molecule has 0 bridgehead atoms. The van der Waals surface area contributed by atoms with Gasteiger partial charge in [-0.2, -0.15) is 0 Å². The fourth-order valence-electron chi connectivity index (χ4n) is 2.61. The van der Waals surface area contributed by atoms with Crippen molar-refractivity contribution in [1.29, 1.82) is 0 Å². The van der Waals surface area contributed by atoms with Gasteiger partial charge in [0.25, 0.3) is 5.91 Å². The first-order valence-corrected chi connectivity index (χ1v) is 9.28. The molecule has 28 heavy (non-hydrogen) atoms. The molecule has 0 aliphatic carbocycles. The molecule has 0 unspecified atom stereocenters. The van der Waals surface area contributed by atoms with E-state index in [2.05, 4.69) is 46.6 Å². The fraction of sp³-hybridized carbons (Fsp3) is 0.227. The first kappa shape index (κ1) is 19.4. The van der Waals surface area contributed by atoms with Gasteiger partial charge in [-0.1, -0.05) is 26.0 Å². The van der Waals surface area contributed by atoms with Gasteiger partial charge in [0.15, 0.2) is 0 Å². The van der Waals surface area contributed by atoms with Gasteiger partial charge in [0.2, 0.25) is 0 Å². The largest absolute Gasteiger partial charge is 0.494 e. The van der Waals surface area contributed by atoms with Crippen LogP contribution in [0.25, 0.3) is 0 Å². The number of ether oxygens (including phenoxy) is 1. The number of nitrogens with zero attached hydrogens (tertiary/aromatic N) is 2. The zero-order valence-corrected chi connectivity index (χ0v) is 16.3. The molecule has 0 aliphatic rings. The van der Waals surface area contributed by atoms with Gasteiger partial charge >= 0.3 is 0 Å². The topological polar surface area (TPSA) is 76.1 Å². The van der Waals surface area contributed by atoms with E-state index in [9.17, 15) is 4.79 Å². The molecule has 1 aromatic heterocycles. The molecule has 0 fully saturated rings. The zero-order chi connectivity index (χ0) is 19.9. The molecule has 1 heterocycles. The molecule has 0 saturated heterocycles. The van der Waals surface area contributed by atoms with Crippen molar-refractivity contribution in [1.82, 2.24) is 9.97 Å². The molecule has 0 aliphatic heterocycles. The van der Waals surface area contributed by atoms with Crippen molar-refractivity contribution in [2.45, 2.75) is 26.7 Å². The van der Waals surface area contributed by atoms with E-state index in [1.807, 2.05) is 31.2 Å². The lowest BCUT2D eigenvalue weighted by Gasteiger charge is -2.09. The zero-order valence-electron chi connectivity index (χ0n) is 16.3. The molecule has 2 aromatic carbocycles. The standard InChI is InChI=1S/C22H24N4O2/c1-4-28-19-11-9-18(10-12-19)26-22(27)20-13-24-21(14-23-20)25-17-7-5-16(6-8-17)15(2)3/h5-15H,4H2,1-3H3,(H,24,25)(H,26,27). The third kappa shape index (κ3) is 5.07. The Morgan fingerprint density at radius 1 is 0.964 bits per heavy atom. The highest BCUT2D eigenvalue weighted by molar-refractivity contribution is 6.02. The summed E-state index contributed by atoms with van der Waals surface area (Å²) < 4.78 is 5.39. The lowest BCUT2D eigenvalue weighted by Crippen LogP contribution is -2.14. The summed E-state index contributed by atoms with van der Waals surface area (Å²) in [6.07, 6.45) is 3.00. The van der Waals surface area contributed by atoms with Crippen LogP contribution in [0.4, 0.5) is 17.2 Å². The summed E-state index contributed by atoms with van der Waals surface area (Å²) in [6.45, 7) is 6.84. The predicted octanol–water partition coefficient (Wildman–Crippen LogP) is 4.99. The van der Waals surface area contributed by atoms with Crippen molar-refractivity contribution in [2.75, 3.05) is 17.2 Å². The van der Waals surface area contributed by atoms with Crippen molar-refractivity contribution in [3.05, 3.63) is 72.2 Å². The van der Waals surface area contributed by atoms with E-state index in [1.54, 1.807) is 18.3 Å². The van der Waals surface area contributed by atoms with Crippen LogP contribution in [0.3, 0.4) is 0 Å². The quantitative estimate of drug-likeness (QED) is 0.607. The average Bonchev–Trinajstić information content (AvgIpc) is 2.70. The van der Waals surface area contributed by atoms with E-state index in [0.717, 1.165) is 11.4 Å². The lowest BCUT2D eigenvalue weighted by atomic mass is 10.0. The van der Waals surface area contributed by atoms with Gasteiger partial charge in [-0.15, -0.1) is 0 Å². The van der Waals surface area contributed by atoms with Crippen molar-refractivity contribution in [2.24, 2.45) is 0 Å². The Bertz CT molecular complexity index is 905. The van der Waals surface area contributed by atoms with Crippen LogP contribution >= 0.6 is 0 Å². The predicted molar refractivity (Wildman–Crippen MR) is 111 cm³/mol. The number of rotatable bonds is 7. The average molecular weight is 376 g/mol. The van der Waals surface area contributed by atoms with Crippen LogP contribution in [-0.4, -0.2) is 22.5 Å². The number of carbonyl (C=O) groups excluding carboxylic acids is 1. The van der Waals surface area contributed by atoms with Crippen LogP contribution in [0.15, 0.2) is 60.9 Å². The van der Waals surface area contributed by atoms with Crippen LogP contribution in [0.1, 0.15) is 42.7 Å². The molecule has 0 radical (unpaired) electrons. The van der Waals surface area contributed by atoms with Crippen LogP contribution in [-0.2, 0) is 0 Å². The summed E-state index contributed by atoms with van der Waals surface area (Å²) in [4.78, 5) is 20.8. The van der Waals surface area contributed by atoms with E-state index >= 15 is 0 Å².